The van der Waals surface area contributed by atoms with Crippen molar-refractivity contribution in [1.82, 2.24) is 0 Å². The number of hydrogen-bond acceptors (Lipinski definition) is 7. The molecule has 0 saturated carbocycles. The molecule has 114 valence electrons. The van der Waals surface area contributed by atoms with Crippen LogP contribution < -0.4 is 0 Å². The largest absolute Gasteiger partial charge is 0.394 e. The van der Waals surface area contributed by atoms with E-state index in [1.165, 1.54) is 0 Å². The lowest BCUT2D eigenvalue weighted by Crippen LogP contribution is -2.59. The smallest absolute Gasteiger partial charge is 0.186 e. The Kier molecular flexibility index (Phi) is 7.16. The monoisotopic (exact) mass is 280 g/mol. The molecular formula is C12H24O7. The van der Waals surface area contributed by atoms with Crippen LogP contribution in [0.5, 0.6) is 0 Å². The Bertz CT molecular complexity index is 246. The number of aliphatic hydroxyl groups is 5. The summed E-state index contributed by atoms with van der Waals surface area (Å²) in [6.45, 7) is 1.54. The van der Waals surface area contributed by atoms with E-state index in [9.17, 15) is 15.3 Å². The van der Waals surface area contributed by atoms with Crippen LogP contribution in [0.2, 0.25) is 0 Å². The van der Waals surface area contributed by atoms with Crippen molar-refractivity contribution in [2.24, 2.45) is 0 Å². The van der Waals surface area contributed by atoms with E-state index in [0.717, 1.165) is 6.42 Å². The summed E-state index contributed by atoms with van der Waals surface area (Å²) in [7, 11) is 0. The summed E-state index contributed by atoms with van der Waals surface area (Å²) in [5.41, 5.74) is 0. The molecule has 6 atom stereocenters. The molecule has 19 heavy (non-hydrogen) atoms. The highest BCUT2D eigenvalue weighted by Crippen LogP contribution is 2.22. The zero-order chi connectivity index (χ0) is 14.4. The zero-order valence-corrected chi connectivity index (χ0v) is 11.1. The molecule has 0 spiro atoms. The van der Waals surface area contributed by atoms with Gasteiger partial charge in [0.15, 0.2) is 6.29 Å². The molecule has 0 aromatic rings. The Labute approximate surface area is 112 Å². The van der Waals surface area contributed by atoms with Crippen LogP contribution in [-0.2, 0) is 9.47 Å². The molecule has 1 aliphatic heterocycles. The Hall–Kier alpha value is -0.280. The van der Waals surface area contributed by atoms with Crippen LogP contribution in [-0.4, -0.2) is 75.6 Å². The molecule has 7 heteroatoms. The van der Waals surface area contributed by atoms with Crippen molar-refractivity contribution in [3.05, 3.63) is 0 Å². The van der Waals surface area contributed by atoms with E-state index in [1.807, 2.05) is 0 Å². The maximum Gasteiger partial charge on any atom is 0.186 e. The highest BCUT2D eigenvalue weighted by atomic mass is 16.7. The third kappa shape index (κ3) is 4.96. The maximum absolute atomic E-state index is 9.68. The number of hydrogen-bond donors (Lipinski definition) is 5. The molecule has 5 N–H and O–H groups in total. The average Bonchev–Trinajstić information content (AvgIpc) is 2.37. The molecule has 1 heterocycles. The van der Waals surface area contributed by atoms with Gasteiger partial charge in [-0.1, -0.05) is 0 Å². The summed E-state index contributed by atoms with van der Waals surface area (Å²) >= 11 is 0. The standard InChI is InChI=1S/C12H24O7/c1-7(14)4-2-3-5-18-12-11(17)10(16)9(15)8(6-13)19-12/h7-17H,2-6H2,1H3/t7-,8+,9+,10-,11+,12+/m0/s1. The van der Waals surface area contributed by atoms with E-state index < -0.39 is 37.3 Å². The molecule has 1 saturated heterocycles. The van der Waals surface area contributed by atoms with Gasteiger partial charge >= 0.3 is 0 Å². The van der Waals surface area contributed by atoms with Crippen LogP contribution in [0.15, 0.2) is 0 Å². The maximum atomic E-state index is 9.68. The minimum absolute atomic E-state index is 0.301. The quantitative estimate of drug-likeness (QED) is 0.355. The van der Waals surface area contributed by atoms with Crippen molar-refractivity contribution in [3.63, 3.8) is 0 Å². The third-order valence-corrected chi connectivity index (χ3v) is 3.15. The molecule has 1 aliphatic rings. The second kappa shape index (κ2) is 8.11. The molecule has 0 amide bonds. The zero-order valence-electron chi connectivity index (χ0n) is 11.1. The van der Waals surface area contributed by atoms with Gasteiger partial charge in [-0.25, -0.2) is 0 Å². The van der Waals surface area contributed by atoms with Gasteiger partial charge in [0.1, 0.15) is 24.4 Å². The van der Waals surface area contributed by atoms with E-state index in [2.05, 4.69) is 0 Å². The van der Waals surface area contributed by atoms with E-state index >= 15 is 0 Å². The van der Waals surface area contributed by atoms with Crippen LogP contribution in [0.25, 0.3) is 0 Å². The Balaban J connectivity index is 2.32. The number of aliphatic hydroxyl groups excluding tert-OH is 5. The summed E-state index contributed by atoms with van der Waals surface area (Å²) < 4.78 is 10.5. The lowest BCUT2D eigenvalue weighted by molar-refractivity contribution is -0.301. The Morgan fingerprint density at radius 3 is 2.37 bits per heavy atom. The van der Waals surface area contributed by atoms with Gasteiger partial charge < -0.3 is 35.0 Å². The summed E-state index contributed by atoms with van der Waals surface area (Å²) in [5, 5.41) is 46.9. The van der Waals surface area contributed by atoms with E-state index in [-0.39, 0.29) is 6.10 Å². The first kappa shape index (κ1) is 16.8. The summed E-state index contributed by atoms with van der Waals surface area (Å²) in [4.78, 5) is 0. The van der Waals surface area contributed by atoms with E-state index in [0.29, 0.717) is 19.4 Å². The van der Waals surface area contributed by atoms with Gasteiger partial charge in [0.05, 0.1) is 12.7 Å². The van der Waals surface area contributed by atoms with Gasteiger partial charge in [-0.2, -0.15) is 0 Å². The molecule has 0 aromatic heterocycles. The number of unbranched alkanes of at least 4 members (excludes halogenated alkanes) is 1. The first-order valence-corrected chi connectivity index (χ1v) is 6.57. The van der Waals surface area contributed by atoms with Crippen molar-refractivity contribution >= 4 is 0 Å². The summed E-state index contributed by atoms with van der Waals surface area (Å²) in [6.07, 6.45) is -4.37. The van der Waals surface area contributed by atoms with Crippen molar-refractivity contribution in [1.29, 1.82) is 0 Å². The van der Waals surface area contributed by atoms with Crippen molar-refractivity contribution in [3.8, 4) is 0 Å². The predicted molar refractivity (Wildman–Crippen MR) is 65.3 cm³/mol. The fourth-order valence-electron chi connectivity index (χ4n) is 1.95. The molecule has 1 rings (SSSR count). The van der Waals surface area contributed by atoms with Gasteiger partial charge in [-0.3, -0.25) is 0 Å². The lowest BCUT2D eigenvalue weighted by Gasteiger charge is -2.39. The first-order chi connectivity index (χ1) is 8.97. The second-order valence-electron chi connectivity index (χ2n) is 4.91. The van der Waals surface area contributed by atoms with Crippen molar-refractivity contribution < 1.29 is 35.0 Å². The van der Waals surface area contributed by atoms with Crippen LogP contribution in [0, 0.1) is 0 Å². The minimum atomic E-state index is -1.41. The van der Waals surface area contributed by atoms with Crippen LogP contribution >= 0.6 is 0 Å². The fraction of sp³-hybridized carbons (Fsp3) is 1.00. The van der Waals surface area contributed by atoms with Gasteiger partial charge in [-0.05, 0) is 26.2 Å². The number of rotatable bonds is 7. The Morgan fingerprint density at radius 2 is 1.79 bits per heavy atom. The van der Waals surface area contributed by atoms with E-state index in [1.54, 1.807) is 6.92 Å². The molecule has 0 aromatic carbocycles. The molecule has 0 radical (unpaired) electrons. The van der Waals surface area contributed by atoms with Crippen LogP contribution in [0.1, 0.15) is 26.2 Å². The van der Waals surface area contributed by atoms with Crippen LogP contribution in [0.3, 0.4) is 0 Å². The first-order valence-electron chi connectivity index (χ1n) is 6.57. The molecule has 7 nitrogen and oxygen atoms in total. The Morgan fingerprint density at radius 1 is 1.11 bits per heavy atom. The van der Waals surface area contributed by atoms with E-state index in [4.69, 9.17) is 19.7 Å². The fourth-order valence-corrected chi connectivity index (χ4v) is 1.95. The normalized spacial score (nSPS) is 37.3. The second-order valence-corrected chi connectivity index (χ2v) is 4.91. The highest BCUT2D eigenvalue weighted by molar-refractivity contribution is 4.88. The number of ether oxygens (including phenoxy) is 2. The van der Waals surface area contributed by atoms with Crippen molar-refractivity contribution in [2.45, 2.75) is 63.0 Å². The van der Waals surface area contributed by atoms with Crippen molar-refractivity contribution in [2.75, 3.05) is 13.2 Å². The SMILES string of the molecule is C[C@H](O)CCCCO[C@@H]1O[C@H](CO)[C@@H](O)[C@H](O)[C@H]1O. The van der Waals surface area contributed by atoms with Gasteiger partial charge in [0.2, 0.25) is 0 Å². The minimum Gasteiger partial charge on any atom is -0.394 e. The molecule has 1 fully saturated rings. The van der Waals surface area contributed by atoms with Gasteiger partial charge in [-0.15, -0.1) is 0 Å². The molecule has 0 bridgehead atoms. The summed E-state index contributed by atoms with van der Waals surface area (Å²) in [6, 6.07) is 0. The molecule has 0 unspecified atom stereocenters. The van der Waals surface area contributed by atoms with Crippen LogP contribution in [0.4, 0.5) is 0 Å². The topological polar surface area (TPSA) is 120 Å². The molecular weight excluding hydrogens is 256 g/mol. The predicted octanol–water partition coefficient (Wildman–Crippen LogP) is -1.65. The summed E-state index contributed by atoms with van der Waals surface area (Å²) in [5.74, 6) is 0. The lowest BCUT2D eigenvalue weighted by atomic mass is 9.99. The van der Waals surface area contributed by atoms with Gasteiger partial charge in [0.25, 0.3) is 0 Å². The third-order valence-electron chi connectivity index (χ3n) is 3.15. The van der Waals surface area contributed by atoms with Gasteiger partial charge in [0, 0.05) is 6.61 Å². The molecule has 0 aliphatic carbocycles. The average molecular weight is 280 g/mol. The highest BCUT2D eigenvalue weighted by Gasteiger charge is 2.43.